The summed E-state index contributed by atoms with van der Waals surface area (Å²) in [5.74, 6) is -4.35. The van der Waals surface area contributed by atoms with E-state index < -0.39 is 34.4 Å². The van der Waals surface area contributed by atoms with E-state index in [2.05, 4.69) is 13.8 Å². The van der Waals surface area contributed by atoms with Crippen molar-refractivity contribution >= 4 is 22.7 Å². The Morgan fingerprint density at radius 2 is 0.732 bits per heavy atom. The van der Waals surface area contributed by atoms with E-state index in [0.717, 1.165) is 60.1 Å². The minimum atomic E-state index is -1.38. The summed E-state index contributed by atoms with van der Waals surface area (Å²) in [7, 11) is 0. The Balaban J connectivity index is 1.51. The highest BCUT2D eigenvalue weighted by molar-refractivity contribution is 7.24. The van der Waals surface area contributed by atoms with E-state index in [9.17, 15) is 8.78 Å². The van der Waals surface area contributed by atoms with E-state index in [4.69, 9.17) is 9.47 Å². The van der Waals surface area contributed by atoms with E-state index >= 15 is 8.78 Å². The molecule has 0 aliphatic rings. The highest BCUT2D eigenvalue weighted by Crippen LogP contribution is 2.50. The third kappa shape index (κ3) is 17.4. The normalized spacial score (nSPS) is 11.6. The third-order valence-corrected chi connectivity index (χ3v) is 13.3. The molecule has 0 saturated heterocycles. The van der Waals surface area contributed by atoms with Gasteiger partial charge in [-0.15, -0.1) is 22.7 Å². The number of benzene rings is 1. The van der Waals surface area contributed by atoms with Gasteiger partial charge in [-0.3, -0.25) is 0 Å². The zero-order valence-corrected chi connectivity index (χ0v) is 37.1. The number of hydrogen-bond donors (Lipinski definition) is 0. The van der Waals surface area contributed by atoms with Crippen LogP contribution in [0.2, 0.25) is 0 Å². The van der Waals surface area contributed by atoms with Crippen LogP contribution in [0, 0.1) is 37.1 Å². The maximum Gasteiger partial charge on any atom is 0.170 e. The predicted molar refractivity (Wildman–Crippen MR) is 234 cm³/mol. The smallest absolute Gasteiger partial charge is 0.170 e. The van der Waals surface area contributed by atoms with Crippen molar-refractivity contribution in [1.82, 2.24) is 0 Å². The topological polar surface area (TPSA) is 18.5 Å². The first-order chi connectivity index (χ1) is 27.3. The Labute approximate surface area is 346 Å². The summed E-state index contributed by atoms with van der Waals surface area (Å²) in [6, 6.07) is 3.53. The Morgan fingerprint density at radius 1 is 0.411 bits per heavy atom. The Morgan fingerprint density at radius 3 is 1.11 bits per heavy atom. The van der Waals surface area contributed by atoms with Gasteiger partial charge in [0.1, 0.15) is 11.5 Å². The van der Waals surface area contributed by atoms with Crippen LogP contribution in [0.5, 0.6) is 11.5 Å². The molecule has 0 radical (unpaired) electrons. The quantitative estimate of drug-likeness (QED) is 0.0339. The van der Waals surface area contributed by atoms with Crippen molar-refractivity contribution in [3.05, 3.63) is 45.8 Å². The molecule has 0 aliphatic heterocycles. The summed E-state index contributed by atoms with van der Waals surface area (Å²) in [4.78, 5) is 2.61. The van der Waals surface area contributed by atoms with Crippen LogP contribution in [0.15, 0.2) is 12.1 Å². The minimum Gasteiger partial charge on any atom is -0.492 e. The summed E-state index contributed by atoms with van der Waals surface area (Å²) < 4.78 is 72.4. The molecule has 0 N–H and O–H groups in total. The van der Waals surface area contributed by atoms with Gasteiger partial charge in [-0.25, -0.2) is 17.6 Å². The molecule has 56 heavy (non-hydrogen) atoms. The maximum atomic E-state index is 15.2. The van der Waals surface area contributed by atoms with Crippen LogP contribution in [0.3, 0.4) is 0 Å². The maximum absolute atomic E-state index is 15.2. The van der Waals surface area contributed by atoms with E-state index in [-0.39, 0.29) is 4.88 Å². The molecule has 0 spiro atoms. The molecule has 3 aromatic rings. The van der Waals surface area contributed by atoms with Gasteiger partial charge in [-0.05, 0) is 38.8 Å². The number of hydrogen-bond acceptors (Lipinski definition) is 4. The van der Waals surface area contributed by atoms with Gasteiger partial charge in [0.2, 0.25) is 0 Å². The fourth-order valence-electron chi connectivity index (χ4n) is 7.43. The van der Waals surface area contributed by atoms with Gasteiger partial charge in [0.25, 0.3) is 0 Å². The van der Waals surface area contributed by atoms with Crippen LogP contribution in [0.25, 0.3) is 20.2 Å². The second-order valence-corrected chi connectivity index (χ2v) is 18.3. The molecule has 3 rings (SSSR count). The highest BCUT2D eigenvalue weighted by atomic mass is 32.1. The number of halogens is 4. The Kier molecular flexibility index (Phi) is 25.2. The van der Waals surface area contributed by atoms with Crippen LogP contribution in [-0.2, 0) is 0 Å². The average Bonchev–Trinajstić information content (AvgIpc) is 3.78. The molecule has 0 amide bonds. The molecule has 1 aromatic carbocycles. The average molecular weight is 823 g/mol. The minimum absolute atomic E-state index is 0.0905. The largest absolute Gasteiger partial charge is 0.492 e. The fourth-order valence-corrected chi connectivity index (χ4v) is 9.66. The van der Waals surface area contributed by atoms with Crippen molar-refractivity contribution in [3.8, 4) is 31.7 Å². The van der Waals surface area contributed by atoms with Crippen LogP contribution in [0.4, 0.5) is 17.6 Å². The van der Waals surface area contributed by atoms with Crippen LogP contribution in [-0.4, -0.2) is 13.2 Å². The van der Waals surface area contributed by atoms with Gasteiger partial charge in [-0.1, -0.05) is 181 Å². The van der Waals surface area contributed by atoms with Gasteiger partial charge < -0.3 is 9.47 Å². The van der Waals surface area contributed by atoms with Gasteiger partial charge in [0.15, 0.2) is 23.3 Å². The monoisotopic (exact) mass is 823 g/mol. The van der Waals surface area contributed by atoms with Gasteiger partial charge in [0, 0.05) is 15.3 Å². The summed E-state index contributed by atoms with van der Waals surface area (Å²) in [5.41, 5.74) is -1.36. The molecular weight excluding hydrogens is 749 g/mol. The predicted octanol–water partition coefficient (Wildman–Crippen LogP) is 18.0. The van der Waals surface area contributed by atoms with Crippen molar-refractivity contribution in [2.24, 2.45) is 0 Å². The molecule has 8 heteroatoms. The lowest BCUT2D eigenvalue weighted by Crippen LogP contribution is -2.02. The Bertz CT molecular complexity index is 1450. The van der Waals surface area contributed by atoms with E-state index in [1.165, 1.54) is 165 Å². The molecule has 2 nitrogen and oxygen atoms in total. The molecule has 0 atom stereocenters. The molecule has 2 aromatic heterocycles. The molecule has 0 unspecified atom stereocenters. The zero-order valence-electron chi connectivity index (χ0n) is 35.5. The lowest BCUT2D eigenvalue weighted by Gasteiger charge is -2.09. The lowest BCUT2D eigenvalue weighted by molar-refractivity contribution is 0.302. The van der Waals surface area contributed by atoms with Gasteiger partial charge in [0.05, 0.1) is 28.5 Å². The first kappa shape index (κ1) is 48.3. The number of unbranched alkanes of at least 4 members (excludes halogenated alkanes) is 26. The summed E-state index contributed by atoms with van der Waals surface area (Å²) in [6.45, 7) is 8.59. The third-order valence-electron chi connectivity index (χ3n) is 11.0. The second kappa shape index (κ2) is 29.2. The van der Waals surface area contributed by atoms with E-state index in [0.29, 0.717) is 29.6 Å². The molecular formula is C48H74F4O2S2. The van der Waals surface area contributed by atoms with Crippen LogP contribution < -0.4 is 9.47 Å². The van der Waals surface area contributed by atoms with Crippen molar-refractivity contribution < 1.29 is 27.0 Å². The zero-order chi connectivity index (χ0) is 40.4. The first-order valence-electron chi connectivity index (χ1n) is 22.6. The highest BCUT2D eigenvalue weighted by Gasteiger charge is 2.28. The van der Waals surface area contributed by atoms with Crippen molar-refractivity contribution in [2.45, 2.75) is 207 Å². The van der Waals surface area contributed by atoms with E-state index in [1.807, 2.05) is 13.0 Å². The summed E-state index contributed by atoms with van der Waals surface area (Å²) in [5, 5.41) is 0. The molecule has 0 fully saturated rings. The molecule has 0 saturated carbocycles. The summed E-state index contributed by atoms with van der Waals surface area (Å²) >= 11 is 2.62. The molecule has 318 valence electrons. The Hall–Kier alpha value is -2.06. The van der Waals surface area contributed by atoms with Crippen LogP contribution >= 0.6 is 22.7 Å². The number of thiophene rings is 2. The first-order valence-corrected chi connectivity index (χ1v) is 24.3. The summed E-state index contributed by atoms with van der Waals surface area (Å²) in [6.07, 6.45) is 35.7. The van der Waals surface area contributed by atoms with Crippen molar-refractivity contribution in [1.29, 1.82) is 0 Å². The standard InChI is InChI=1S/C48H74F4O2S2/c1-5-7-9-11-13-15-17-19-21-23-25-27-29-31-33-53-39-35-37(3)55-47(39)48-40(36-41(56-48)42-45(51)43(49)38(4)44(50)46(42)52)54-34-32-30-28-26-24-22-20-18-16-14-12-10-8-6-2/h35-36H,5-34H2,1-4H3. The fraction of sp³-hybridized carbons (Fsp3) is 0.708. The van der Waals surface area contributed by atoms with Crippen molar-refractivity contribution in [2.75, 3.05) is 13.2 Å². The van der Waals surface area contributed by atoms with Gasteiger partial charge in [-0.2, -0.15) is 0 Å². The molecule has 2 heterocycles. The van der Waals surface area contributed by atoms with E-state index in [1.54, 1.807) is 0 Å². The molecule has 0 aliphatic carbocycles. The lowest BCUT2D eigenvalue weighted by atomic mass is 10.0. The van der Waals surface area contributed by atoms with Crippen LogP contribution in [0.1, 0.15) is 204 Å². The van der Waals surface area contributed by atoms with Crippen molar-refractivity contribution in [3.63, 3.8) is 0 Å². The van der Waals surface area contributed by atoms with Gasteiger partial charge >= 0.3 is 0 Å². The second-order valence-electron chi connectivity index (χ2n) is 16.0. The molecule has 0 bridgehead atoms. The number of rotatable bonds is 34. The number of ether oxygens (including phenoxy) is 2. The number of aryl methyl sites for hydroxylation is 1. The SMILES string of the molecule is CCCCCCCCCCCCCCCCOc1cc(C)sc1-c1sc(-c2c(F)c(F)c(C)c(F)c2F)cc1OCCCCCCCCCCCCCCCC.